The van der Waals surface area contributed by atoms with E-state index >= 15 is 0 Å². The Balaban J connectivity index is 2.59. The Morgan fingerprint density at radius 3 is 2.42 bits per heavy atom. The molecule has 2 N–H and O–H groups in total. The van der Waals surface area contributed by atoms with Crippen molar-refractivity contribution in [2.45, 2.75) is 20.0 Å². The van der Waals surface area contributed by atoms with Gasteiger partial charge in [-0.15, -0.1) is 40.6 Å². The quantitative estimate of drug-likeness (QED) is 0.218. The summed E-state index contributed by atoms with van der Waals surface area (Å²) in [6.45, 7) is 4.11. The maximum absolute atomic E-state index is 13.1. The topological polar surface area (TPSA) is 86.6 Å². The maximum Gasteiger partial charge on any atom is 0.416 e. The number of hydrogen-bond acceptors (Lipinski definition) is 5. The van der Waals surface area contributed by atoms with Crippen LogP contribution in [0.2, 0.25) is 0 Å². The Kier molecular flexibility index (Phi) is 8.75. The third-order valence-electron chi connectivity index (χ3n) is 3.81. The van der Waals surface area contributed by atoms with E-state index in [9.17, 15) is 13.2 Å². The second-order valence-electron chi connectivity index (χ2n) is 6.00. The van der Waals surface area contributed by atoms with Crippen LogP contribution in [-0.4, -0.2) is 35.4 Å². The molecule has 0 aliphatic carbocycles. The molecule has 0 bridgehead atoms. The Labute approximate surface area is 188 Å². The molecule has 166 valence electrons. The Bertz CT molecular complexity index is 1030. The highest BCUT2D eigenvalue weighted by Crippen LogP contribution is 2.33. The number of hydrogen-bond donors (Lipinski definition) is 4. The van der Waals surface area contributed by atoms with Crippen molar-refractivity contribution in [3.05, 3.63) is 47.7 Å². The van der Waals surface area contributed by atoms with Gasteiger partial charge in [-0.2, -0.15) is 18.3 Å². The monoisotopic (exact) mass is 470 g/mol. The lowest BCUT2D eigenvalue weighted by atomic mass is 10.0. The fourth-order valence-corrected chi connectivity index (χ4v) is 2.64. The van der Waals surface area contributed by atoms with E-state index in [1.807, 2.05) is 6.92 Å². The highest BCUT2D eigenvalue weighted by atomic mass is 32.1. The van der Waals surface area contributed by atoms with Crippen molar-refractivity contribution >= 4 is 47.0 Å². The zero-order valence-corrected chi connectivity index (χ0v) is 18.7. The summed E-state index contributed by atoms with van der Waals surface area (Å²) in [6.07, 6.45) is -3.14. The van der Waals surface area contributed by atoms with Gasteiger partial charge in [0.15, 0.2) is 10.3 Å². The van der Waals surface area contributed by atoms with Crippen molar-refractivity contribution < 1.29 is 17.6 Å². The lowest BCUT2D eigenvalue weighted by Crippen LogP contribution is -2.18. The summed E-state index contributed by atoms with van der Waals surface area (Å²) >= 11 is 8.28. The molecule has 1 aromatic heterocycles. The third kappa shape index (κ3) is 6.89. The van der Waals surface area contributed by atoms with E-state index in [2.05, 4.69) is 56.3 Å². The molecule has 0 aliphatic rings. The number of nitrogens with zero attached hydrogens (tertiary/aromatic N) is 4. The molecule has 0 saturated carbocycles. The smallest absolute Gasteiger partial charge is 0.416 e. The number of amidine groups is 2. The van der Waals surface area contributed by atoms with Gasteiger partial charge in [0.25, 0.3) is 0 Å². The summed E-state index contributed by atoms with van der Waals surface area (Å²) < 4.78 is 44.9. The van der Waals surface area contributed by atoms with Gasteiger partial charge in [0.2, 0.25) is 0 Å². The number of halogens is 3. The van der Waals surface area contributed by atoms with Gasteiger partial charge < -0.3 is 15.1 Å². The van der Waals surface area contributed by atoms with E-state index in [0.29, 0.717) is 23.0 Å². The third-order valence-corrected chi connectivity index (χ3v) is 4.37. The first-order valence-electron chi connectivity index (χ1n) is 9.00. The van der Waals surface area contributed by atoms with Gasteiger partial charge in [0, 0.05) is 19.2 Å². The van der Waals surface area contributed by atoms with E-state index in [1.54, 1.807) is 20.0 Å². The number of nitrogens with one attached hydrogen (secondary N) is 2. The number of furan rings is 1. The van der Waals surface area contributed by atoms with E-state index in [-0.39, 0.29) is 22.2 Å². The van der Waals surface area contributed by atoms with Crippen LogP contribution in [0.5, 0.6) is 0 Å². The molecule has 0 unspecified atom stereocenters. The molecule has 2 rings (SSSR count). The molecule has 0 atom stereocenters. The minimum atomic E-state index is -4.49. The SMILES string of the molecule is CCN/C(S)=N/N=C(C)/C(=N/N=C(\S)NC)c1ccoc1-c1cccc(C(F)(F)F)c1. The summed E-state index contributed by atoms with van der Waals surface area (Å²) in [5.41, 5.74) is 0.396. The van der Waals surface area contributed by atoms with Crippen LogP contribution in [0, 0.1) is 0 Å². The van der Waals surface area contributed by atoms with E-state index in [1.165, 1.54) is 18.4 Å². The second-order valence-corrected chi connectivity index (χ2v) is 6.85. The Hall–Kier alpha value is -2.73. The molecule has 0 radical (unpaired) electrons. The first kappa shape index (κ1) is 24.5. The first-order valence-corrected chi connectivity index (χ1v) is 9.90. The van der Waals surface area contributed by atoms with Gasteiger partial charge in [-0.1, -0.05) is 12.1 Å². The van der Waals surface area contributed by atoms with Crippen molar-refractivity contribution in [3.63, 3.8) is 0 Å². The van der Waals surface area contributed by atoms with Crippen molar-refractivity contribution in [3.8, 4) is 11.3 Å². The summed E-state index contributed by atoms with van der Waals surface area (Å²) in [5, 5.41) is 22.3. The normalized spacial score (nSPS) is 14.1. The van der Waals surface area contributed by atoms with Gasteiger partial charge >= 0.3 is 6.18 Å². The number of thiol groups is 2. The number of rotatable bonds is 6. The van der Waals surface area contributed by atoms with Crippen LogP contribution in [0.1, 0.15) is 25.0 Å². The van der Waals surface area contributed by atoms with Crippen molar-refractivity contribution in [2.24, 2.45) is 20.4 Å². The molecule has 0 saturated heterocycles. The maximum atomic E-state index is 13.1. The first-order chi connectivity index (χ1) is 14.7. The Morgan fingerprint density at radius 1 is 1.06 bits per heavy atom. The fourth-order valence-electron chi connectivity index (χ4n) is 2.39. The molecule has 31 heavy (non-hydrogen) atoms. The number of alkyl halides is 3. The van der Waals surface area contributed by atoms with Crippen LogP contribution >= 0.6 is 25.3 Å². The predicted octanol–water partition coefficient (Wildman–Crippen LogP) is 4.45. The van der Waals surface area contributed by atoms with Crippen LogP contribution < -0.4 is 10.6 Å². The van der Waals surface area contributed by atoms with Gasteiger partial charge in [-0.3, -0.25) is 0 Å². The number of benzene rings is 1. The zero-order valence-electron chi connectivity index (χ0n) is 16.9. The molecule has 2 aromatic rings. The van der Waals surface area contributed by atoms with Gasteiger partial charge in [-0.25, -0.2) is 0 Å². The summed E-state index contributed by atoms with van der Waals surface area (Å²) in [6, 6.07) is 6.37. The lowest BCUT2D eigenvalue weighted by molar-refractivity contribution is -0.137. The summed E-state index contributed by atoms with van der Waals surface area (Å²) in [5.74, 6) is 0.182. The fraction of sp³-hybridized carbons (Fsp3) is 0.263. The van der Waals surface area contributed by atoms with Crippen molar-refractivity contribution in [2.75, 3.05) is 13.6 Å². The van der Waals surface area contributed by atoms with Gasteiger partial charge in [0.05, 0.1) is 23.1 Å². The van der Waals surface area contributed by atoms with Crippen LogP contribution in [0.4, 0.5) is 13.2 Å². The molecule has 0 spiro atoms. The van der Waals surface area contributed by atoms with Crippen molar-refractivity contribution in [1.82, 2.24) is 10.6 Å². The molecular formula is C19H21F3N6OS2. The van der Waals surface area contributed by atoms with Crippen LogP contribution in [0.3, 0.4) is 0 Å². The van der Waals surface area contributed by atoms with E-state index in [0.717, 1.165) is 12.1 Å². The lowest BCUT2D eigenvalue weighted by Gasteiger charge is -2.09. The highest BCUT2D eigenvalue weighted by molar-refractivity contribution is 7.97. The zero-order chi connectivity index (χ0) is 23.0. The highest BCUT2D eigenvalue weighted by Gasteiger charge is 2.31. The van der Waals surface area contributed by atoms with Crippen LogP contribution in [-0.2, 0) is 6.18 Å². The largest absolute Gasteiger partial charge is 0.464 e. The molecule has 0 aliphatic heterocycles. The molecule has 1 heterocycles. The van der Waals surface area contributed by atoms with Gasteiger partial charge in [0.1, 0.15) is 11.5 Å². The van der Waals surface area contributed by atoms with Crippen LogP contribution in [0.25, 0.3) is 11.3 Å². The van der Waals surface area contributed by atoms with Gasteiger partial charge in [-0.05, 0) is 32.0 Å². The van der Waals surface area contributed by atoms with E-state index in [4.69, 9.17) is 4.42 Å². The summed E-state index contributed by atoms with van der Waals surface area (Å²) in [7, 11) is 1.61. The predicted molar refractivity (Wildman–Crippen MR) is 124 cm³/mol. The van der Waals surface area contributed by atoms with Crippen LogP contribution in [0.15, 0.2) is 61.4 Å². The average Bonchev–Trinajstić information content (AvgIpc) is 3.21. The molecule has 0 fully saturated rings. The molecule has 12 heteroatoms. The summed E-state index contributed by atoms with van der Waals surface area (Å²) in [4.78, 5) is 0. The minimum absolute atomic E-state index is 0.182. The average molecular weight is 471 g/mol. The Morgan fingerprint density at radius 2 is 1.77 bits per heavy atom. The van der Waals surface area contributed by atoms with Crippen molar-refractivity contribution in [1.29, 1.82) is 0 Å². The molecule has 7 nitrogen and oxygen atoms in total. The van der Waals surface area contributed by atoms with E-state index < -0.39 is 11.7 Å². The standard InChI is InChI=1S/C19H21F3N6OS2/c1-4-24-18(31)28-25-11(2)15(26-27-17(30)23-3)14-8-9-29-16(14)12-6-5-7-13(10-12)19(20,21)22/h5-10H,4H2,1-3H3,(H2,23,27,30)(H2,24,28,31)/b25-11+,26-15-. The second kappa shape index (κ2) is 11.0. The molecule has 0 amide bonds. The minimum Gasteiger partial charge on any atom is -0.464 e. The molecule has 1 aromatic carbocycles. The molecular weight excluding hydrogens is 449 g/mol.